The van der Waals surface area contributed by atoms with Crippen LogP contribution >= 0.6 is 11.6 Å². The van der Waals surface area contributed by atoms with Crippen LogP contribution < -0.4 is 11.1 Å². The molecule has 6 heteroatoms. The smallest absolute Gasteiger partial charge is 0.341 e. The number of pyridine rings is 1. The SMILES string of the molecule is CCOC(=O)c1cc(N)cnc1Nc1ccc(Cl)cc1. The predicted molar refractivity (Wildman–Crippen MR) is 79.3 cm³/mol. The van der Waals surface area contributed by atoms with Crippen molar-refractivity contribution in [3.05, 3.63) is 47.1 Å². The first kappa shape index (κ1) is 14.1. The number of halogens is 1. The number of esters is 1. The van der Waals surface area contributed by atoms with Gasteiger partial charge in [0.05, 0.1) is 18.5 Å². The number of aromatic nitrogens is 1. The summed E-state index contributed by atoms with van der Waals surface area (Å²) in [5.41, 5.74) is 7.11. The van der Waals surface area contributed by atoms with Gasteiger partial charge in [0.1, 0.15) is 11.4 Å². The number of nitrogens with two attached hydrogens (primary N) is 1. The lowest BCUT2D eigenvalue weighted by Gasteiger charge is -2.11. The Morgan fingerprint density at radius 2 is 2.10 bits per heavy atom. The molecule has 1 aromatic carbocycles. The Balaban J connectivity index is 2.31. The number of nitrogen functional groups attached to an aromatic ring is 1. The average Bonchev–Trinajstić information content (AvgIpc) is 2.43. The Hall–Kier alpha value is -2.27. The van der Waals surface area contributed by atoms with E-state index in [1.54, 1.807) is 31.2 Å². The molecule has 1 aromatic heterocycles. The molecule has 1 heterocycles. The van der Waals surface area contributed by atoms with E-state index in [-0.39, 0.29) is 6.61 Å². The lowest BCUT2D eigenvalue weighted by atomic mass is 10.2. The molecular formula is C14H14ClN3O2. The average molecular weight is 292 g/mol. The van der Waals surface area contributed by atoms with Crippen molar-refractivity contribution >= 4 is 34.8 Å². The maximum absolute atomic E-state index is 11.9. The highest BCUT2D eigenvalue weighted by Crippen LogP contribution is 2.22. The van der Waals surface area contributed by atoms with E-state index in [1.807, 2.05) is 0 Å². The first-order chi connectivity index (χ1) is 9.60. The van der Waals surface area contributed by atoms with Gasteiger partial charge in [-0.25, -0.2) is 9.78 Å². The predicted octanol–water partition coefficient (Wildman–Crippen LogP) is 3.24. The molecule has 0 radical (unpaired) electrons. The molecule has 0 aliphatic heterocycles. The second kappa shape index (κ2) is 6.25. The second-order valence-corrected chi connectivity index (χ2v) is 4.45. The van der Waals surface area contributed by atoms with E-state index >= 15 is 0 Å². The zero-order valence-electron chi connectivity index (χ0n) is 10.9. The van der Waals surface area contributed by atoms with Gasteiger partial charge in [0.15, 0.2) is 0 Å². The van der Waals surface area contributed by atoms with E-state index < -0.39 is 5.97 Å². The third-order valence-electron chi connectivity index (χ3n) is 2.51. The van der Waals surface area contributed by atoms with Gasteiger partial charge in [-0.1, -0.05) is 11.6 Å². The van der Waals surface area contributed by atoms with E-state index in [0.717, 1.165) is 5.69 Å². The Morgan fingerprint density at radius 1 is 1.40 bits per heavy atom. The molecule has 0 amide bonds. The molecule has 3 N–H and O–H groups in total. The topological polar surface area (TPSA) is 77.2 Å². The molecule has 20 heavy (non-hydrogen) atoms. The van der Waals surface area contributed by atoms with Crippen LogP contribution in [-0.2, 0) is 4.74 Å². The van der Waals surface area contributed by atoms with E-state index in [0.29, 0.717) is 22.1 Å². The molecule has 2 aromatic rings. The maximum Gasteiger partial charge on any atom is 0.341 e. The van der Waals surface area contributed by atoms with Crippen molar-refractivity contribution in [3.63, 3.8) is 0 Å². The van der Waals surface area contributed by atoms with Crippen LogP contribution in [0.1, 0.15) is 17.3 Å². The number of benzene rings is 1. The molecular weight excluding hydrogens is 278 g/mol. The summed E-state index contributed by atoms with van der Waals surface area (Å²) in [5.74, 6) is -0.0799. The molecule has 0 atom stereocenters. The van der Waals surface area contributed by atoms with Gasteiger partial charge in [0.25, 0.3) is 0 Å². The Bertz CT molecular complexity index is 614. The third kappa shape index (κ3) is 3.39. The van der Waals surface area contributed by atoms with E-state index in [2.05, 4.69) is 10.3 Å². The van der Waals surface area contributed by atoms with Crippen LogP contribution in [0, 0.1) is 0 Å². The largest absolute Gasteiger partial charge is 0.462 e. The zero-order valence-corrected chi connectivity index (χ0v) is 11.6. The highest BCUT2D eigenvalue weighted by molar-refractivity contribution is 6.30. The summed E-state index contributed by atoms with van der Waals surface area (Å²) in [7, 11) is 0. The van der Waals surface area contributed by atoms with Gasteiger partial charge in [0, 0.05) is 10.7 Å². The first-order valence-corrected chi connectivity index (χ1v) is 6.43. The zero-order chi connectivity index (χ0) is 14.5. The molecule has 0 bridgehead atoms. The van der Waals surface area contributed by atoms with E-state index in [4.69, 9.17) is 22.1 Å². The molecule has 0 spiro atoms. The van der Waals surface area contributed by atoms with E-state index in [9.17, 15) is 4.79 Å². The van der Waals surface area contributed by atoms with Crippen molar-refractivity contribution in [1.29, 1.82) is 0 Å². The van der Waals surface area contributed by atoms with E-state index in [1.165, 1.54) is 12.3 Å². The van der Waals surface area contributed by atoms with Crippen molar-refractivity contribution in [3.8, 4) is 0 Å². The van der Waals surface area contributed by atoms with Crippen LogP contribution in [-0.4, -0.2) is 17.6 Å². The van der Waals surface area contributed by atoms with Gasteiger partial charge in [-0.3, -0.25) is 0 Å². The number of hydrogen-bond acceptors (Lipinski definition) is 5. The first-order valence-electron chi connectivity index (χ1n) is 6.05. The van der Waals surface area contributed by atoms with Gasteiger partial charge in [-0.15, -0.1) is 0 Å². The van der Waals surface area contributed by atoms with Crippen LogP contribution in [0.15, 0.2) is 36.5 Å². The highest BCUT2D eigenvalue weighted by atomic mass is 35.5. The van der Waals surface area contributed by atoms with Crippen molar-refractivity contribution in [2.45, 2.75) is 6.92 Å². The van der Waals surface area contributed by atoms with Crippen LogP contribution in [0.2, 0.25) is 5.02 Å². The molecule has 0 aliphatic carbocycles. The molecule has 0 unspecified atom stereocenters. The number of nitrogens with zero attached hydrogens (tertiary/aromatic N) is 1. The number of ether oxygens (including phenoxy) is 1. The standard InChI is InChI=1S/C14H14ClN3O2/c1-2-20-14(19)12-7-10(16)8-17-13(12)18-11-5-3-9(15)4-6-11/h3-8H,2,16H2,1H3,(H,17,18). The summed E-state index contributed by atoms with van der Waals surface area (Å²) in [4.78, 5) is 16.0. The van der Waals surface area contributed by atoms with Gasteiger partial charge < -0.3 is 15.8 Å². The normalized spacial score (nSPS) is 10.1. The highest BCUT2D eigenvalue weighted by Gasteiger charge is 2.14. The fraction of sp³-hybridized carbons (Fsp3) is 0.143. The monoisotopic (exact) mass is 291 g/mol. The number of anilines is 3. The minimum absolute atomic E-state index is 0.286. The summed E-state index contributed by atoms with van der Waals surface area (Å²) in [5, 5.41) is 3.67. The van der Waals surface area contributed by atoms with Gasteiger partial charge in [-0.05, 0) is 37.3 Å². The number of nitrogens with one attached hydrogen (secondary N) is 1. The minimum Gasteiger partial charge on any atom is -0.462 e. The van der Waals surface area contributed by atoms with Crippen molar-refractivity contribution in [2.75, 3.05) is 17.7 Å². The van der Waals surface area contributed by atoms with Crippen LogP contribution in [0.3, 0.4) is 0 Å². The van der Waals surface area contributed by atoms with Crippen LogP contribution in [0.25, 0.3) is 0 Å². The Labute approximate surface area is 121 Å². The lowest BCUT2D eigenvalue weighted by Crippen LogP contribution is -2.10. The molecule has 2 rings (SSSR count). The van der Waals surface area contributed by atoms with Crippen LogP contribution in [0.4, 0.5) is 17.2 Å². The fourth-order valence-electron chi connectivity index (χ4n) is 1.61. The minimum atomic E-state index is -0.469. The maximum atomic E-state index is 11.9. The fourth-order valence-corrected chi connectivity index (χ4v) is 1.74. The number of hydrogen-bond donors (Lipinski definition) is 2. The van der Waals surface area contributed by atoms with Gasteiger partial charge >= 0.3 is 5.97 Å². The van der Waals surface area contributed by atoms with Gasteiger partial charge in [0.2, 0.25) is 0 Å². The van der Waals surface area contributed by atoms with Crippen molar-refractivity contribution in [1.82, 2.24) is 4.98 Å². The summed E-state index contributed by atoms with van der Waals surface area (Å²) in [6, 6.07) is 8.59. The molecule has 104 valence electrons. The molecule has 5 nitrogen and oxygen atoms in total. The Kier molecular flexibility index (Phi) is 4.42. The Morgan fingerprint density at radius 3 is 2.75 bits per heavy atom. The molecule has 0 saturated carbocycles. The second-order valence-electron chi connectivity index (χ2n) is 4.02. The summed E-state index contributed by atoms with van der Waals surface area (Å²) in [6.45, 7) is 2.03. The number of carbonyl (C=O) groups is 1. The lowest BCUT2D eigenvalue weighted by molar-refractivity contribution is 0.0527. The summed E-state index contributed by atoms with van der Waals surface area (Å²) < 4.78 is 4.98. The quantitative estimate of drug-likeness (QED) is 0.846. The van der Waals surface area contributed by atoms with Gasteiger partial charge in [-0.2, -0.15) is 0 Å². The van der Waals surface area contributed by atoms with Crippen molar-refractivity contribution < 1.29 is 9.53 Å². The molecule has 0 fully saturated rings. The van der Waals surface area contributed by atoms with Crippen LogP contribution in [0.5, 0.6) is 0 Å². The van der Waals surface area contributed by atoms with Crippen molar-refractivity contribution in [2.24, 2.45) is 0 Å². The summed E-state index contributed by atoms with van der Waals surface area (Å²) in [6.07, 6.45) is 1.47. The molecule has 0 aliphatic rings. The molecule has 0 saturated heterocycles. The number of rotatable bonds is 4. The number of carbonyl (C=O) groups excluding carboxylic acids is 1. The third-order valence-corrected chi connectivity index (χ3v) is 2.76. The summed E-state index contributed by atoms with van der Waals surface area (Å²) >= 11 is 5.82.